The van der Waals surface area contributed by atoms with Crippen LogP contribution in [0.4, 0.5) is 5.88 Å². The van der Waals surface area contributed by atoms with Crippen LogP contribution in [0.2, 0.25) is 0 Å². The van der Waals surface area contributed by atoms with Gasteiger partial charge in [0.2, 0.25) is 17.5 Å². The molecule has 0 radical (unpaired) electrons. The molecule has 2 aromatic heterocycles. The quantitative estimate of drug-likeness (QED) is 0.549. The van der Waals surface area contributed by atoms with Crippen LogP contribution < -0.4 is 10.2 Å². The van der Waals surface area contributed by atoms with E-state index in [9.17, 15) is 10.1 Å². The van der Waals surface area contributed by atoms with E-state index in [-0.39, 0.29) is 29.5 Å². The fourth-order valence-electron chi connectivity index (χ4n) is 3.80. The van der Waals surface area contributed by atoms with Gasteiger partial charge in [-0.05, 0) is 49.9 Å². The molecule has 8 nitrogen and oxygen atoms in total. The lowest BCUT2D eigenvalue weighted by molar-refractivity contribution is -0.125. The summed E-state index contributed by atoms with van der Waals surface area (Å²) in [4.78, 5) is 18.9. The number of benzene rings is 1. The monoisotopic (exact) mass is 448 g/mol. The molecule has 1 fully saturated rings. The predicted octanol–water partition coefficient (Wildman–Crippen LogP) is 4.26. The number of amides is 1. The van der Waals surface area contributed by atoms with Gasteiger partial charge >= 0.3 is 0 Å². The maximum atomic E-state index is 12.7. The van der Waals surface area contributed by atoms with Gasteiger partial charge < -0.3 is 23.8 Å². The maximum absolute atomic E-state index is 12.7. The molecular formula is C25H28N4O4. The van der Waals surface area contributed by atoms with Crippen molar-refractivity contribution in [1.82, 2.24) is 10.3 Å². The van der Waals surface area contributed by atoms with Gasteiger partial charge in [0.1, 0.15) is 6.07 Å². The van der Waals surface area contributed by atoms with Crippen LogP contribution in [0.5, 0.6) is 0 Å². The number of ether oxygens (including phenoxy) is 1. The molecule has 3 heterocycles. The number of nitriles is 1. The number of nitrogens with one attached hydrogen (secondary N) is 1. The molecule has 0 spiro atoms. The molecule has 3 aromatic rings. The number of carbonyl (C=O) groups excluding carboxylic acids is 1. The van der Waals surface area contributed by atoms with Crippen molar-refractivity contribution < 1.29 is 18.4 Å². The third kappa shape index (κ3) is 5.62. The van der Waals surface area contributed by atoms with Crippen molar-refractivity contribution in [3.8, 4) is 17.7 Å². The Bertz CT molecular complexity index is 1090. The van der Waals surface area contributed by atoms with Crippen LogP contribution in [-0.2, 0) is 22.7 Å². The summed E-state index contributed by atoms with van der Waals surface area (Å²) in [7, 11) is 0. The highest BCUT2D eigenvalue weighted by Crippen LogP contribution is 2.31. The molecular weight excluding hydrogens is 420 g/mol. The lowest BCUT2D eigenvalue weighted by Crippen LogP contribution is -2.40. The van der Waals surface area contributed by atoms with Gasteiger partial charge in [-0.25, -0.2) is 0 Å². The number of nitrogens with zero attached hydrogens (tertiary/aromatic N) is 3. The van der Waals surface area contributed by atoms with Gasteiger partial charge in [0.25, 0.3) is 5.89 Å². The minimum Gasteiger partial charge on any atom is -0.459 e. The normalized spacial score (nSPS) is 14.4. The lowest BCUT2D eigenvalue weighted by Gasteiger charge is -2.31. The van der Waals surface area contributed by atoms with Crippen molar-refractivity contribution in [1.29, 1.82) is 5.26 Å². The Morgan fingerprint density at radius 1 is 1.24 bits per heavy atom. The Balaban J connectivity index is 1.28. The number of rotatable bonds is 8. The third-order valence-electron chi connectivity index (χ3n) is 5.67. The zero-order valence-corrected chi connectivity index (χ0v) is 18.9. The molecule has 0 bridgehead atoms. The Morgan fingerprint density at radius 2 is 1.97 bits per heavy atom. The molecule has 0 saturated carbocycles. The van der Waals surface area contributed by atoms with Crippen molar-refractivity contribution in [2.24, 2.45) is 5.92 Å². The van der Waals surface area contributed by atoms with E-state index in [0.717, 1.165) is 11.1 Å². The highest BCUT2D eigenvalue weighted by Gasteiger charge is 2.29. The van der Waals surface area contributed by atoms with Crippen LogP contribution in [-0.4, -0.2) is 30.1 Å². The number of piperidine rings is 1. The van der Waals surface area contributed by atoms with Crippen LogP contribution >= 0.6 is 0 Å². The molecule has 8 heteroatoms. The van der Waals surface area contributed by atoms with Gasteiger partial charge in [-0.2, -0.15) is 10.2 Å². The van der Waals surface area contributed by atoms with Crippen molar-refractivity contribution in [3.63, 3.8) is 0 Å². The third-order valence-corrected chi connectivity index (χ3v) is 5.67. The average Bonchev–Trinajstić information content (AvgIpc) is 3.52. The second-order valence-electron chi connectivity index (χ2n) is 8.42. The summed E-state index contributed by atoms with van der Waals surface area (Å²) >= 11 is 0. The van der Waals surface area contributed by atoms with Crippen LogP contribution in [0.15, 0.2) is 51.5 Å². The molecule has 1 saturated heterocycles. The number of hydrogen-bond acceptors (Lipinski definition) is 7. The van der Waals surface area contributed by atoms with Crippen molar-refractivity contribution in [2.75, 3.05) is 18.0 Å². The molecule has 1 N–H and O–H groups in total. The van der Waals surface area contributed by atoms with Crippen molar-refractivity contribution in [2.45, 2.75) is 45.9 Å². The van der Waals surface area contributed by atoms with Gasteiger partial charge in [0.05, 0.1) is 19.0 Å². The van der Waals surface area contributed by atoms with E-state index in [1.807, 2.05) is 43.0 Å². The fraction of sp³-hybridized carbons (Fsp3) is 0.400. The van der Waals surface area contributed by atoms with Crippen LogP contribution in [0.25, 0.3) is 11.7 Å². The SMILES string of the molecule is CC(C)OCc1ccc(CNC(=O)C2CCN(c3oc(-c4ccco4)nc3C#N)CC2)cc1. The Labute approximate surface area is 193 Å². The molecule has 0 unspecified atom stereocenters. The Kier molecular flexibility index (Phi) is 7.10. The topological polar surface area (TPSA) is 105 Å². The number of carbonyl (C=O) groups is 1. The number of anilines is 1. The summed E-state index contributed by atoms with van der Waals surface area (Å²) in [6.07, 6.45) is 3.09. The summed E-state index contributed by atoms with van der Waals surface area (Å²) in [6, 6.07) is 13.7. The van der Waals surface area contributed by atoms with E-state index in [0.29, 0.717) is 50.7 Å². The number of furan rings is 1. The largest absolute Gasteiger partial charge is 0.459 e. The van der Waals surface area contributed by atoms with Gasteiger partial charge in [-0.3, -0.25) is 4.79 Å². The molecule has 1 amide bonds. The van der Waals surface area contributed by atoms with E-state index < -0.39 is 0 Å². The second-order valence-corrected chi connectivity index (χ2v) is 8.42. The molecule has 0 atom stereocenters. The summed E-state index contributed by atoms with van der Waals surface area (Å²) in [6.45, 7) is 6.34. The molecule has 1 aliphatic rings. The molecule has 1 aliphatic heterocycles. The molecule has 4 rings (SSSR count). The zero-order chi connectivity index (χ0) is 23.2. The summed E-state index contributed by atoms with van der Waals surface area (Å²) in [5.74, 6) is 1.18. The first-order chi connectivity index (χ1) is 16.0. The smallest absolute Gasteiger partial charge is 0.266 e. The molecule has 1 aromatic carbocycles. The standard InChI is InChI=1S/C25H28N4O4/c1-17(2)32-16-19-7-5-18(6-8-19)15-27-23(30)20-9-11-29(12-10-20)25-21(14-26)28-24(33-25)22-4-3-13-31-22/h3-8,13,17,20H,9-12,15-16H2,1-2H3,(H,27,30). The van der Waals surface area contributed by atoms with Crippen molar-refractivity contribution >= 4 is 11.8 Å². The maximum Gasteiger partial charge on any atom is 0.266 e. The molecule has 33 heavy (non-hydrogen) atoms. The fourth-order valence-corrected chi connectivity index (χ4v) is 3.80. The van der Waals surface area contributed by atoms with E-state index in [1.54, 1.807) is 12.1 Å². The zero-order valence-electron chi connectivity index (χ0n) is 18.9. The van der Waals surface area contributed by atoms with Crippen LogP contribution in [0, 0.1) is 17.2 Å². The van der Waals surface area contributed by atoms with Gasteiger partial charge in [-0.1, -0.05) is 24.3 Å². The Hall–Kier alpha value is -3.57. The van der Waals surface area contributed by atoms with E-state index >= 15 is 0 Å². The van der Waals surface area contributed by atoms with Gasteiger partial charge in [0, 0.05) is 25.6 Å². The average molecular weight is 449 g/mol. The van der Waals surface area contributed by atoms with E-state index in [4.69, 9.17) is 13.6 Å². The highest BCUT2D eigenvalue weighted by molar-refractivity contribution is 5.79. The number of hydrogen-bond donors (Lipinski definition) is 1. The van der Waals surface area contributed by atoms with Crippen molar-refractivity contribution in [3.05, 3.63) is 59.5 Å². The summed E-state index contributed by atoms with van der Waals surface area (Å²) < 4.78 is 16.7. The van der Waals surface area contributed by atoms with Crippen LogP contribution in [0.3, 0.4) is 0 Å². The second kappa shape index (κ2) is 10.4. The van der Waals surface area contributed by atoms with E-state index in [1.165, 1.54) is 6.26 Å². The van der Waals surface area contributed by atoms with Crippen LogP contribution in [0.1, 0.15) is 43.5 Å². The van der Waals surface area contributed by atoms with Gasteiger partial charge in [0.15, 0.2) is 5.76 Å². The first kappa shape index (κ1) is 22.6. The molecule has 172 valence electrons. The minimum atomic E-state index is -0.0713. The highest BCUT2D eigenvalue weighted by atomic mass is 16.5. The predicted molar refractivity (Wildman–Crippen MR) is 122 cm³/mol. The summed E-state index contributed by atoms with van der Waals surface area (Å²) in [5, 5.41) is 12.5. The van der Waals surface area contributed by atoms with Gasteiger partial charge in [-0.15, -0.1) is 0 Å². The minimum absolute atomic E-state index is 0.0521. The number of aromatic nitrogens is 1. The summed E-state index contributed by atoms with van der Waals surface area (Å²) in [5.41, 5.74) is 2.40. The Morgan fingerprint density at radius 3 is 2.61 bits per heavy atom. The lowest BCUT2D eigenvalue weighted by atomic mass is 9.96. The first-order valence-electron chi connectivity index (χ1n) is 11.2. The first-order valence-corrected chi connectivity index (χ1v) is 11.2. The van der Waals surface area contributed by atoms with E-state index in [2.05, 4.69) is 16.4 Å². The molecule has 0 aliphatic carbocycles. The number of oxazole rings is 1.